The van der Waals surface area contributed by atoms with Crippen molar-refractivity contribution >= 4 is 55.8 Å². The molecule has 5 aromatic carbocycles. The van der Waals surface area contributed by atoms with Crippen LogP contribution in [-0.4, -0.2) is 21.7 Å². The van der Waals surface area contributed by atoms with Crippen molar-refractivity contribution in [3.63, 3.8) is 0 Å². The molecule has 3 heterocycles. The van der Waals surface area contributed by atoms with Gasteiger partial charge >= 0.3 is 5.97 Å². The number of hydrogen-bond donors (Lipinski definition) is 0. The second kappa shape index (κ2) is 11.7. The lowest BCUT2D eigenvalue weighted by Crippen LogP contribution is -2.40. The first-order chi connectivity index (χ1) is 23.0. The molecule has 0 bridgehead atoms. The van der Waals surface area contributed by atoms with Crippen LogP contribution in [0.4, 0.5) is 0 Å². The molecule has 1 aliphatic rings. The van der Waals surface area contributed by atoms with E-state index in [1.807, 2.05) is 67.6 Å². The first kappa shape index (κ1) is 28.9. The Balaban J connectivity index is 1.31. The second-order valence-corrected chi connectivity index (χ2v) is 12.7. The van der Waals surface area contributed by atoms with Crippen molar-refractivity contribution in [2.45, 2.75) is 26.4 Å². The third-order valence-corrected chi connectivity index (χ3v) is 9.94. The monoisotopic (exact) mass is 633 g/mol. The molecule has 8 rings (SSSR count). The van der Waals surface area contributed by atoms with E-state index < -0.39 is 12.0 Å². The molecule has 1 atom stereocenters. The minimum Gasteiger partial charge on any atom is -0.463 e. The van der Waals surface area contributed by atoms with E-state index in [9.17, 15) is 9.59 Å². The van der Waals surface area contributed by atoms with E-state index >= 15 is 0 Å². The van der Waals surface area contributed by atoms with Crippen LogP contribution in [0.5, 0.6) is 0 Å². The smallest absolute Gasteiger partial charge is 0.338 e. The zero-order valence-electron chi connectivity index (χ0n) is 26.0. The second-order valence-electron chi connectivity index (χ2n) is 11.7. The Bertz CT molecular complexity index is 2580. The van der Waals surface area contributed by atoms with E-state index in [1.165, 1.54) is 27.7 Å². The molecule has 0 saturated heterocycles. The van der Waals surface area contributed by atoms with Gasteiger partial charge in [-0.3, -0.25) is 9.36 Å². The highest BCUT2D eigenvalue weighted by molar-refractivity contribution is 7.07. The summed E-state index contributed by atoms with van der Waals surface area (Å²) in [5, 5.41) is 5.50. The maximum atomic E-state index is 14.5. The van der Waals surface area contributed by atoms with E-state index in [0.29, 0.717) is 27.1 Å². The number of carbonyl (C=O) groups is 1. The summed E-state index contributed by atoms with van der Waals surface area (Å²) in [5.74, 6) is -0.461. The number of esters is 1. The molecular formula is C40H31N3O3S. The highest BCUT2D eigenvalue weighted by Crippen LogP contribution is 2.35. The number of carbonyl (C=O) groups excluding carboxylic acids is 1. The molecule has 0 aliphatic carbocycles. The lowest BCUT2D eigenvalue weighted by molar-refractivity contribution is -0.139. The Hall–Kier alpha value is -5.53. The summed E-state index contributed by atoms with van der Waals surface area (Å²) in [6.45, 7) is 4.53. The van der Waals surface area contributed by atoms with E-state index in [4.69, 9.17) is 9.73 Å². The fourth-order valence-electron chi connectivity index (χ4n) is 6.85. The van der Waals surface area contributed by atoms with Gasteiger partial charge in [-0.15, -0.1) is 0 Å². The number of benzene rings is 5. The number of ether oxygens (including phenoxy) is 1. The third-order valence-electron chi connectivity index (χ3n) is 8.96. The van der Waals surface area contributed by atoms with Crippen LogP contribution in [0.1, 0.15) is 36.6 Å². The average molecular weight is 634 g/mol. The topological polar surface area (TPSA) is 65.6 Å². The Morgan fingerprint density at radius 3 is 2.30 bits per heavy atom. The summed E-state index contributed by atoms with van der Waals surface area (Å²) < 4.78 is 10.0. The van der Waals surface area contributed by atoms with Crippen LogP contribution in [0.3, 0.4) is 0 Å². The summed E-state index contributed by atoms with van der Waals surface area (Å²) in [5.41, 5.74) is 4.89. The van der Waals surface area contributed by atoms with Gasteiger partial charge in [-0.1, -0.05) is 114 Å². The first-order valence-corrected chi connectivity index (χ1v) is 16.6. The van der Waals surface area contributed by atoms with Crippen LogP contribution in [0.2, 0.25) is 0 Å². The number of thiazole rings is 1. The molecule has 1 aliphatic heterocycles. The van der Waals surface area contributed by atoms with Gasteiger partial charge in [0.1, 0.15) is 0 Å². The summed E-state index contributed by atoms with van der Waals surface area (Å²) in [6, 6.07) is 36.5. The highest BCUT2D eigenvalue weighted by Gasteiger charge is 2.34. The summed E-state index contributed by atoms with van der Waals surface area (Å²) in [6.07, 6.45) is 4.09. The summed E-state index contributed by atoms with van der Waals surface area (Å²) in [7, 11) is 0. The Morgan fingerprint density at radius 1 is 0.851 bits per heavy atom. The predicted octanol–water partition coefficient (Wildman–Crippen LogP) is 7.11. The van der Waals surface area contributed by atoms with E-state index in [-0.39, 0.29) is 12.2 Å². The summed E-state index contributed by atoms with van der Waals surface area (Å²) >= 11 is 1.35. The molecule has 0 fully saturated rings. The Labute approximate surface area is 274 Å². The van der Waals surface area contributed by atoms with Crippen LogP contribution in [-0.2, 0) is 16.1 Å². The maximum Gasteiger partial charge on any atom is 0.338 e. The Morgan fingerprint density at radius 2 is 1.51 bits per heavy atom. The number of hydrogen-bond acceptors (Lipinski definition) is 5. The number of rotatable bonds is 6. The molecule has 0 amide bonds. The van der Waals surface area contributed by atoms with Gasteiger partial charge in [-0.05, 0) is 58.7 Å². The van der Waals surface area contributed by atoms with Crippen molar-refractivity contribution in [3.05, 3.63) is 163 Å². The fraction of sp³-hybridized carbons (Fsp3) is 0.125. The van der Waals surface area contributed by atoms with Gasteiger partial charge < -0.3 is 9.30 Å². The average Bonchev–Trinajstić information content (AvgIpc) is 3.59. The number of aromatic nitrogens is 2. The predicted molar refractivity (Wildman–Crippen MR) is 189 cm³/mol. The van der Waals surface area contributed by atoms with Crippen molar-refractivity contribution in [1.82, 2.24) is 9.13 Å². The van der Waals surface area contributed by atoms with Crippen molar-refractivity contribution in [1.29, 1.82) is 0 Å². The van der Waals surface area contributed by atoms with E-state index in [1.54, 1.807) is 11.5 Å². The van der Waals surface area contributed by atoms with Crippen LogP contribution in [0.25, 0.3) is 38.5 Å². The SMILES string of the molecule is CCOC(=O)C1=C(C)N=c2s/c(=C/c3cn(Cc4cccc5ccccc45)c4ccccc34)c(=O)n2[C@H]1c1cccc2ccccc12. The molecule has 47 heavy (non-hydrogen) atoms. The first-order valence-electron chi connectivity index (χ1n) is 15.7. The van der Waals surface area contributed by atoms with Crippen molar-refractivity contribution in [2.24, 2.45) is 4.99 Å². The number of fused-ring (bicyclic) bond motifs is 4. The van der Waals surface area contributed by atoms with Crippen molar-refractivity contribution in [3.8, 4) is 0 Å². The third kappa shape index (κ3) is 4.91. The lowest BCUT2D eigenvalue weighted by atomic mass is 9.91. The number of nitrogens with zero attached hydrogens (tertiary/aromatic N) is 3. The van der Waals surface area contributed by atoms with Gasteiger partial charge in [-0.2, -0.15) is 0 Å². The van der Waals surface area contributed by atoms with Gasteiger partial charge in [0, 0.05) is 29.2 Å². The zero-order chi connectivity index (χ0) is 32.1. The van der Waals surface area contributed by atoms with Gasteiger partial charge in [0.15, 0.2) is 4.80 Å². The van der Waals surface area contributed by atoms with Crippen LogP contribution in [0, 0.1) is 0 Å². The molecule has 6 nitrogen and oxygen atoms in total. The molecule has 230 valence electrons. The molecule has 0 spiro atoms. The fourth-order valence-corrected chi connectivity index (χ4v) is 7.89. The zero-order valence-corrected chi connectivity index (χ0v) is 26.8. The van der Waals surface area contributed by atoms with Crippen molar-refractivity contribution < 1.29 is 9.53 Å². The quantitative estimate of drug-likeness (QED) is 0.184. The molecule has 2 aromatic heterocycles. The molecule has 0 radical (unpaired) electrons. The van der Waals surface area contributed by atoms with Gasteiger partial charge in [-0.25, -0.2) is 9.79 Å². The Kier molecular flexibility index (Phi) is 7.18. The molecule has 0 saturated carbocycles. The molecule has 0 unspecified atom stereocenters. The van der Waals surface area contributed by atoms with Gasteiger partial charge in [0.2, 0.25) is 0 Å². The van der Waals surface area contributed by atoms with Gasteiger partial charge in [0.25, 0.3) is 5.56 Å². The number of allylic oxidation sites excluding steroid dienone is 1. The van der Waals surface area contributed by atoms with Crippen LogP contribution < -0.4 is 14.9 Å². The number of para-hydroxylation sites is 1. The standard InChI is InChI=1S/C40H31N3O3S/c1-3-46-39(45)36-25(2)41-40-43(37(36)33-20-11-15-27-13-5-7-18-31(27)33)38(44)35(47-40)22-29-24-42(34-21-9-8-19-32(29)34)23-28-16-10-14-26-12-4-6-17-30(26)28/h4-22,24,37H,3,23H2,1-2H3/b35-22+/t37-/m0/s1. The van der Waals surface area contributed by atoms with E-state index in [0.717, 1.165) is 32.8 Å². The molecule has 7 aromatic rings. The largest absolute Gasteiger partial charge is 0.463 e. The van der Waals surface area contributed by atoms with Crippen molar-refractivity contribution in [2.75, 3.05) is 6.61 Å². The van der Waals surface area contributed by atoms with E-state index in [2.05, 4.69) is 65.4 Å². The lowest BCUT2D eigenvalue weighted by Gasteiger charge is -2.25. The molecule has 7 heteroatoms. The van der Waals surface area contributed by atoms with Crippen LogP contribution in [0.15, 0.2) is 136 Å². The maximum absolute atomic E-state index is 14.5. The molecule has 0 N–H and O–H groups in total. The highest BCUT2D eigenvalue weighted by atomic mass is 32.1. The van der Waals surface area contributed by atoms with Gasteiger partial charge in [0.05, 0.1) is 28.5 Å². The normalized spacial score (nSPS) is 14.9. The van der Waals surface area contributed by atoms with Crippen LogP contribution >= 0.6 is 11.3 Å². The minimum atomic E-state index is -0.675. The summed E-state index contributed by atoms with van der Waals surface area (Å²) in [4.78, 5) is 33.3. The minimum absolute atomic E-state index is 0.188. The molecular weight excluding hydrogens is 603 g/mol.